The monoisotopic (exact) mass is 331 g/mol. The average Bonchev–Trinajstić information content (AvgIpc) is 2.60. The van der Waals surface area contributed by atoms with E-state index in [2.05, 4.69) is 0 Å². The second-order valence-corrected chi connectivity index (χ2v) is 4.80. The van der Waals surface area contributed by atoms with Crippen LogP contribution in [0.4, 0.5) is 5.69 Å². The van der Waals surface area contributed by atoms with Gasteiger partial charge in [0.15, 0.2) is 11.5 Å². The fourth-order valence-electron chi connectivity index (χ4n) is 2.06. The van der Waals surface area contributed by atoms with Gasteiger partial charge in [0.25, 0.3) is 5.69 Å². The zero-order valence-electron chi connectivity index (χ0n) is 13.4. The molecule has 0 saturated heterocycles. The summed E-state index contributed by atoms with van der Waals surface area (Å²) in [5, 5.41) is 10.7. The number of methoxy groups -OCH3 is 1. The molecule has 126 valence electrons. The molecule has 0 fully saturated rings. The lowest BCUT2D eigenvalue weighted by atomic mass is 10.2. The number of nitrogens with zero attached hydrogens (tertiary/aromatic N) is 1. The minimum absolute atomic E-state index is 0.0497. The molecule has 0 amide bonds. The van der Waals surface area contributed by atoms with Gasteiger partial charge in [-0.2, -0.15) is 0 Å². The van der Waals surface area contributed by atoms with Crippen LogP contribution in [-0.2, 0) is 11.3 Å². The van der Waals surface area contributed by atoms with Gasteiger partial charge in [0, 0.05) is 12.1 Å². The Morgan fingerprint density at radius 3 is 2.62 bits per heavy atom. The molecule has 2 aromatic carbocycles. The average molecular weight is 331 g/mol. The van der Waals surface area contributed by atoms with Crippen LogP contribution in [-0.4, -0.2) is 24.6 Å². The first-order chi connectivity index (χ1) is 11.5. The molecule has 7 heteroatoms. The van der Waals surface area contributed by atoms with E-state index in [-0.39, 0.29) is 12.3 Å². The van der Waals surface area contributed by atoms with Crippen molar-refractivity contribution in [2.24, 2.45) is 0 Å². The largest absolute Gasteiger partial charge is 0.493 e. The van der Waals surface area contributed by atoms with E-state index in [0.717, 1.165) is 0 Å². The van der Waals surface area contributed by atoms with Gasteiger partial charge in [-0.05, 0) is 30.7 Å². The zero-order chi connectivity index (χ0) is 17.5. The first kappa shape index (κ1) is 17.3. The van der Waals surface area contributed by atoms with Crippen molar-refractivity contribution in [1.29, 1.82) is 0 Å². The lowest BCUT2D eigenvalue weighted by molar-refractivity contribution is -0.384. The normalized spacial score (nSPS) is 10.1. The molecule has 0 saturated carbocycles. The smallest absolute Gasteiger partial charge is 0.338 e. The summed E-state index contributed by atoms with van der Waals surface area (Å²) in [5.74, 6) is 0.416. The van der Waals surface area contributed by atoms with Gasteiger partial charge in [0.1, 0.15) is 6.61 Å². The summed E-state index contributed by atoms with van der Waals surface area (Å²) in [7, 11) is 1.48. The van der Waals surface area contributed by atoms with Gasteiger partial charge in [0.2, 0.25) is 0 Å². The molecule has 0 aliphatic carbocycles. The maximum atomic E-state index is 12.1. The van der Waals surface area contributed by atoms with Crippen molar-refractivity contribution < 1.29 is 23.9 Å². The van der Waals surface area contributed by atoms with Crippen molar-refractivity contribution in [3.05, 3.63) is 63.7 Å². The number of esters is 1. The molecule has 0 unspecified atom stereocenters. The number of rotatable bonds is 7. The third-order valence-electron chi connectivity index (χ3n) is 3.19. The Morgan fingerprint density at radius 1 is 1.17 bits per heavy atom. The van der Waals surface area contributed by atoms with Crippen LogP contribution in [0.2, 0.25) is 0 Å². The van der Waals surface area contributed by atoms with Crippen molar-refractivity contribution in [3.8, 4) is 11.5 Å². The summed E-state index contributed by atoms with van der Waals surface area (Å²) in [6.45, 7) is 2.27. The molecule has 0 spiro atoms. The highest BCUT2D eigenvalue weighted by molar-refractivity contribution is 5.90. The van der Waals surface area contributed by atoms with Gasteiger partial charge in [-0.25, -0.2) is 4.79 Å². The van der Waals surface area contributed by atoms with Crippen molar-refractivity contribution in [2.45, 2.75) is 13.5 Å². The Kier molecular flexibility index (Phi) is 5.73. The molecule has 2 rings (SSSR count). The Balaban J connectivity index is 2.07. The predicted octanol–water partition coefficient (Wildman–Crippen LogP) is 3.36. The number of ether oxygens (including phenoxy) is 3. The van der Waals surface area contributed by atoms with Gasteiger partial charge in [-0.15, -0.1) is 0 Å². The molecular weight excluding hydrogens is 314 g/mol. The van der Waals surface area contributed by atoms with Crippen LogP contribution in [0.3, 0.4) is 0 Å². The maximum Gasteiger partial charge on any atom is 0.338 e. The second kappa shape index (κ2) is 7.96. The highest BCUT2D eigenvalue weighted by Crippen LogP contribution is 2.28. The van der Waals surface area contributed by atoms with Crippen LogP contribution in [0, 0.1) is 10.1 Å². The van der Waals surface area contributed by atoms with Gasteiger partial charge >= 0.3 is 5.97 Å². The summed E-state index contributed by atoms with van der Waals surface area (Å²) in [6.07, 6.45) is 0. The number of carbonyl (C=O) groups excluding carboxylic acids is 1. The topological polar surface area (TPSA) is 87.9 Å². The lowest BCUT2D eigenvalue weighted by Crippen LogP contribution is -2.06. The summed E-state index contributed by atoms with van der Waals surface area (Å²) < 4.78 is 15.8. The van der Waals surface area contributed by atoms with Crippen LogP contribution < -0.4 is 9.47 Å². The molecule has 7 nitrogen and oxygen atoms in total. The van der Waals surface area contributed by atoms with E-state index in [4.69, 9.17) is 14.2 Å². The fourth-order valence-corrected chi connectivity index (χ4v) is 2.06. The Hall–Kier alpha value is -3.09. The molecule has 0 aliphatic heterocycles. The van der Waals surface area contributed by atoms with Crippen molar-refractivity contribution in [1.82, 2.24) is 0 Å². The van der Waals surface area contributed by atoms with Gasteiger partial charge < -0.3 is 14.2 Å². The molecule has 0 N–H and O–H groups in total. The Bertz CT molecular complexity index is 744. The lowest BCUT2D eigenvalue weighted by Gasteiger charge is -2.11. The first-order valence-corrected chi connectivity index (χ1v) is 7.26. The number of nitro benzene ring substituents is 1. The summed E-state index contributed by atoms with van der Waals surface area (Å²) >= 11 is 0. The molecule has 24 heavy (non-hydrogen) atoms. The van der Waals surface area contributed by atoms with E-state index in [1.165, 1.54) is 25.3 Å². The van der Waals surface area contributed by atoms with Crippen molar-refractivity contribution in [2.75, 3.05) is 13.7 Å². The molecule has 0 bridgehead atoms. The highest BCUT2D eigenvalue weighted by atomic mass is 16.6. The Labute approximate surface area is 138 Å². The number of carbonyl (C=O) groups is 1. The van der Waals surface area contributed by atoms with Crippen LogP contribution in [0.25, 0.3) is 0 Å². The van der Waals surface area contributed by atoms with E-state index < -0.39 is 10.9 Å². The molecule has 0 aromatic heterocycles. The maximum absolute atomic E-state index is 12.1. The van der Waals surface area contributed by atoms with Crippen LogP contribution in [0.15, 0.2) is 42.5 Å². The predicted molar refractivity (Wildman–Crippen MR) is 86.4 cm³/mol. The second-order valence-electron chi connectivity index (χ2n) is 4.80. The minimum Gasteiger partial charge on any atom is -0.493 e. The van der Waals surface area contributed by atoms with Crippen LogP contribution in [0.1, 0.15) is 22.8 Å². The van der Waals surface area contributed by atoms with Gasteiger partial charge in [-0.3, -0.25) is 10.1 Å². The third-order valence-corrected chi connectivity index (χ3v) is 3.19. The third kappa shape index (κ3) is 4.22. The molecule has 0 heterocycles. The summed E-state index contributed by atoms with van der Waals surface area (Å²) in [5.41, 5.74) is 0.794. The number of hydrogen-bond acceptors (Lipinski definition) is 6. The molecule has 0 radical (unpaired) electrons. The zero-order valence-corrected chi connectivity index (χ0v) is 13.4. The summed E-state index contributed by atoms with van der Waals surface area (Å²) in [4.78, 5) is 22.4. The van der Waals surface area contributed by atoms with Crippen molar-refractivity contribution in [3.63, 3.8) is 0 Å². The molecule has 0 atom stereocenters. The minimum atomic E-state index is -0.553. The van der Waals surface area contributed by atoms with E-state index in [1.807, 2.05) is 6.92 Å². The summed E-state index contributed by atoms with van der Waals surface area (Å²) in [6, 6.07) is 10.7. The highest BCUT2D eigenvalue weighted by Gasteiger charge is 2.13. The SMILES string of the molecule is CCOc1ccc(C(=O)OCc2cccc([N+](=O)[O-])c2)cc1OC. The fraction of sp³-hybridized carbons (Fsp3) is 0.235. The standard InChI is InChI=1S/C17H17NO6/c1-3-23-15-8-7-13(10-16(15)22-2)17(19)24-11-12-5-4-6-14(9-12)18(20)21/h4-10H,3,11H2,1-2H3. The van der Waals surface area contributed by atoms with Crippen LogP contribution >= 0.6 is 0 Å². The quantitative estimate of drug-likeness (QED) is 0.439. The van der Waals surface area contributed by atoms with E-state index in [9.17, 15) is 14.9 Å². The molecule has 2 aromatic rings. The first-order valence-electron chi connectivity index (χ1n) is 7.26. The molecular formula is C17H17NO6. The van der Waals surface area contributed by atoms with Gasteiger partial charge in [0.05, 0.1) is 24.2 Å². The number of nitro groups is 1. The Morgan fingerprint density at radius 2 is 1.96 bits per heavy atom. The molecule has 0 aliphatic rings. The van der Waals surface area contributed by atoms with E-state index in [1.54, 1.807) is 24.3 Å². The van der Waals surface area contributed by atoms with Gasteiger partial charge in [-0.1, -0.05) is 12.1 Å². The van der Waals surface area contributed by atoms with Crippen molar-refractivity contribution >= 4 is 11.7 Å². The van der Waals surface area contributed by atoms with E-state index >= 15 is 0 Å². The van der Waals surface area contributed by atoms with Crippen LogP contribution in [0.5, 0.6) is 11.5 Å². The number of benzene rings is 2. The number of non-ortho nitro benzene ring substituents is 1. The number of hydrogen-bond donors (Lipinski definition) is 0. The van der Waals surface area contributed by atoms with E-state index in [0.29, 0.717) is 29.2 Å².